The summed E-state index contributed by atoms with van der Waals surface area (Å²) in [4.78, 5) is 13.6. The SMILES string of the molecule is CC1CN(c2cc(N)cc(Nc3nc(NC4CC4)c4ncc(N)n4n3)c2Cl)CCN1C. The summed E-state index contributed by atoms with van der Waals surface area (Å²) in [6.07, 6.45) is 3.80. The topological polar surface area (TPSA) is 126 Å². The van der Waals surface area contributed by atoms with Gasteiger partial charge in [0.05, 0.1) is 22.6 Å². The van der Waals surface area contributed by atoms with Crippen LogP contribution in [-0.4, -0.2) is 63.2 Å². The normalized spacial score (nSPS) is 19.7. The van der Waals surface area contributed by atoms with Gasteiger partial charge in [-0.1, -0.05) is 11.6 Å². The van der Waals surface area contributed by atoms with Crippen LogP contribution in [0.3, 0.4) is 0 Å². The monoisotopic (exact) mass is 442 g/mol. The number of imidazole rings is 1. The first-order chi connectivity index (χ1) is 14.9. The van der Waals surface area contributed by atoms with E-state index in [1.165, 1.54) is 0 Å². The summed E-state index contributed by atoms with van der Waals surface area (Å²) in [7, 11) is 2.14. The van der Waals surface area contributed by atoms with Crippen LogP contribution in [0.4, 0.5) is 34.6 Å². The van der Waals surface area contributed by atoms with Crippen LogP contribution in [0.5, 0.6) is 0 Å². The molecule has 1 saturated heterocycles. The van der Waals surface area contributed by atoms with Gasteiger partial charge in [0.15, 0.2) is 11.5 Å². The molecular weight excluding hydrogens is 416 g/mol. The first kappa shape index (κ1) is 20.0. The molecule has 164 valence electrons. The van der Waals surface area contributed by atoms with Crippen LogP contribution in [0.15, 0.2) is 18.3 Å². The number of nitrogens with two attached hydrogens (primary N) is 2. The summed E-state index contributed by atoms with van der Waals surface area (Å²) in [6, 6.07) is 4.55. The second-order valence-electron chi connectivity index (χ2n) is 8.42. The Morgan fingerprint density at radius 1 is 1.19 bits per heavy atom. The Hall–Kier alpha value is -2.98. The molecule has 31 heavy (non-hydrogen) atoms. The zero-order valence-electron chi connectivity index (χ0n) is 17.6. The maximum Gasteiger partial charge on any atom is 0.247 e. The number of fused-ring (bicyclic) bond motifs is 1. The molecule has 0 bridgehead atoms. The average Bonchev–Trinajstić information content (AvgIpc) is 3.47. The van der Waals surface area contributed by atoms with Gasteiger partial charge in [0.1, 0.15) is 5.82 Å². The summed E-state index contributed by atoms with van der Waals surface area (Å²) in [5, 5.41) is 11.7. The molecular formula is C20H27ClN10. The third-order valence-corrected chi connectivity index (χ3v) is 6.33. The molecule has 0 spiro atoms. The maximum atomic E-state index is 6.82. The van der Waals surface area contributed by atoms with Crippen LogP contribution in [0.25, 0.3) is 5.65 Å². The summed E-state index contributed by atoms with van der Waals surface area (Å²) in [5.74, 6) is 1.44. The third kappa shape index (κ3) is 3.88. The van der Waals surface area contributed by atoms with E-state index < -0.39 is 0 Å². The lowest BCUT2D eigenvalue weighted by atomic mass is 10.1. The highest BCUT2D eigenvalue weighted by molar-refractivity contribution is 6.36. The molecule has 1 saturated carbocycles. The van der Waals surface area contributed by atoms with Crippen molar-refractivity contribution in [3.63, 3.8) is 0 Å². The molecule has 5 rings (SSSR count). The van der Waals surface area contributed by atoms with Crippen molar-refractivity contribution in [1.82, 2.24) is 24.5 Å². The number of hydrogen-bond acceptors (Lipinski definition) is 9. The van der Waals surface area contributed by atoms with E-state index in [0.717, 1.165) is 38.2 Å². The second-order valence-corrected chi connectivity index (χ2v) is 8.80. The molecule has 1 aromatic carbocycles. The minimum Gasteiger partial charge on any atom is -0.399 e. The molecule has 10 nitrogen and oxygen atoms in total. The van der Waals surface area contributed by atoms with Gasteiger partial charge in [-0.3, -0.25) is 0 Å². The van der Waals surface area contributed by atoms with Crippen molar-refractivity contribution in [1.29, 1.82) is 0 Å². The van der Waals surface area contributed by atoms with E-state index in [1.54, 1.807) is 16.8 Å². The van der Waals surface area contributed by atoms with Gasteiger partial charge in [-0.2, -0.15) is 9.50 Å². The predicted octanol–water partition coefficient (Wildman–Crippen LogP) is 2.40. The summed E-state index contributed by atoms with van der Waals surface area (Å²) < 4.78 is 1.57. The number of hydrogen-bond donors (Lipinski definition) is 4. The molecule has 1 aliphatic carbocycles. The lowest BCUT2D eigenvalue weighted by Gasteiger charge is -2.39. The molecule has 6 N–H and O–H groups in total. The van der Waals surface area contributed by atoms with E-state index in [1.807, 2.05) is 6.07 Å². The van der Waals surface area contributed by atoms with Gasteiger partial charge in [-0.15, -0.1) is 5.10 Å². The van der Waals surface area contributed by atoms with E-state index in [2.05, 4.69) is 49.5 Å². The fourth-order valence-electron chi connectivity index (χ4n) is 3.81. The standard InChI is InChI=1S/C20H27ClN10/c1-11-10-30(6-5-29(11)2)15-8-12(22)7-14(17(15)21)26-20-27-18(25-13-3-4-13)19-24-9-16(23)31(19)28-20/h7-9,11,13H,3-6,10,22-23H2,1-2H3,(H2,25,26,27,28). The van der Waals surface area contributed by atoms with E-state index in [0.29, 0.717) is 51.7 Å². The van der Waals surface area contributed by atoms with E-state index in [4.69, 9.17) is 23.1 Å². The number of nitrogens with zero attached hydrogens (tertiary/aromatic N) is 6. The van der Waals surface area contributed by atoms with Gasteiger partial charge in [0.2, 0.25) is 5.95 Å². The number of nitrogen functional groups attached to an aromatic ring is 2. The number of aromatic nitrogens is 4. The molecule has 3 heterocycles. The fourth-order valence-corrected chi connectivity index (χ4v) is 4.08. The molecule has 0 radical (unpaired) electrons. The number of piperazine rings is 1. The number of likely N-dealkylation sites (N-methyl/N-ethyl adjacent to an activating group) is 1. The number of anilines is 6. The first-order valence-electron chi connectivity index (χ1n) is 10.5. The van der Waals surface area contributed by atoms with E-state index >= 15 is 0 Å². The highest BCUT2D eigenvalue weighted by Crippen LogP contribution is 2.38. The van der Waals surface area contributed by atoms with Crippen LogP contribution in [0.2, 0.25) is 5.02 Å². The number of benzene rings is 1. The number of rotatable bonds is 5. The minimum absolute atomic E-state index is 0.366. The van der Waals surface area contributed by atoms with Crippen LogP contribution in [-0.2, 0) is 0 Å². The molecule has 11 heteroatoms. The van der Waals surface area contributed by atoms with Crippen molar-refractivity contribution in [2.24, 2.45) is 0 Å². The van der Waals surface area contributed by atoms with Gasteiger partial charge in [0, 0.05) is 37.4 Å². The van der Waals surface area contributed by atoms with Gasteiger partial charge < -0.3 is 31.9 Å². The highest BCUT2D eigenvalue weighted by Gasteiger charge is 2.25. The Labute approximate surface area is 185 Å². The number of halogens is 1. The van der Waals surface area contributed by atoms with Crippen molar-refractivity contribution in [3.8, 4) is 0 Å². The predicted molar refractivity (Wildman–Crippen MR) is 125 cm³/mol. The Bertz CT molecular complexity index is 1120. The summed E-state index contributed by atoms with van der Waals surface area (Å²) in [5.41, 5.74) is 15.1. The smallest absolute Gasteiger partial charge is 0.247 e. The van der Waals surface area contributed by atoms with Crippen LogP contribution in [0, 0.1) is 0 Å². The molecule has 1 aliphatic heterocycles. The van der Waals surface area contributed by atoms with Crippen LogP contribution >= 0.6 is 11.6 Å². The Balaban J connectivity index is 1.49. The second kappa shape index (κ2) is 7.61. The van der Waals surface area contributed by atoms with Gasteiger partial charge >= 0.3 is 0 Å². The first-order valence-corrected chi connectivity index (χ1v) is 10.9. The average molecular weight is 443 g/mol. The Morgan fingerprint density at radius 2 is 2.00 bits per heavy atom. The lowest BCUT2D eigenvalue weighted by Crippen LogP contribution is -2.50. The largest absolute Gasteiger partial charge is 0.399 e. The minimum atomic E-state index is 0.366. The molecule has 0 amide bonds. The molecule has 3 aromatic rings. The van der Waals surface area contributed by atoms with Crippen molar-refractivity contribution < 1.29 is 0 Å². The van der Waals surface area contributed by atoms with Gasteiger partial charge in [-0.05, 0) is 38.9 Å². The molecule has 2 aliphatic rings. The van der Waals surface area contributed by atoms with E-state index in [-0.39, 0.29) is 0 Å². The third-order valence-electron chi connectivity index (χ3n) is 5.93. The van der Waals surface area contributed by atoms with Gasteiger partial charge in [-0.25, -0.2) is 4.98 Å². The van der Waals surface area contributed by atoms with E-state index in [9.17, 15) is 0 Å². The van der Waals surface area contributed by atoms with Crippen molar-refractivity contribution in [2.75, 3.05) is 53.7 Å². The zero-order chi connectivity index (χ0) is 21.7. The molecule has 2 fully saturated rings. The van der Waals surface area contributed by atoms with Crippen LogP contribution < -0.4 is 27.0 Å². The Morgan fingerprint density at radius 3 is 2.74 bits per heavy atom. The molecule has 2 aromatic heterocycles. The van der Waals surface area contributed by atoms with Crippen molar-refractivity contribution in [3.05, 3.63) is 23.4 Å². The van der Waals surface area contributed by atoms with Crippen LogP contribution in [0.1, 0.15) is 19.8 Å². The fraction of sp³-hybridized carbons (Fsp3) is 0.450. The van der Waals surface area contributed by atoms with Crippen molar-refractivity contribution >= 4 is 51.9 Å². The highest BCUT2D eigenvalue weighted by atomic mass is 35.5. The zero-order valence-corrected chi connectivity index (χ0v) is 18.4. The van der Waals surface area contributed by atoms with Gasteiger partial charge in [0.25, 0.3) is 0 Å². The molecule has 1 atom stereocenters. The summed E-state index contributed by atoms with van der Waals surface area (Å²) in [6.45, 7) is 4.93. The Kier molecular flexibility index (Phi) is 4.90. The van der Waals surface area contributed by atoms with Crippen molar-refractivity contribution in [2.45, 2.75) is 31.8 Å². The lowest BCUT2D eigenvalue weighted by molar-refractivity contribution is 0.234. The number of nitrogens with one attached hydrogen (secondary N) is 2. The maximum absolute atomic E-state index is 6.82. The summed E-state index contributed by atoms with van der Waals surface area (Å²) >= 11 is 6.82. The molecule has 1 unspecified atom stereocenters. The quantitative estimate of drug-likeness (QED) is 0.440.